The van der Waals surface area contributed by atoms with E-state index in [0.717, 1.165) is 30.5 Å². The number of methoxy groups -OCH3 is 1. The molecule has 0 spiro atoms. The molecule has 0 radical (unpaired) electrons. The fraction of sp³-hybridized carbons (Fsp3) is 0.375. The van der Waals surface area contributed by atoms with Crippen LogP contribution >= 0.6 is 0 Å². The molecule has 0 aromatic heterocycles. The minimum atomic E-state index is -0.640. The zero-order chi connectivity index (χ0) is 15.2. The average Bonchev–Trinajstić information content (AvgIpc) is 2.52. The Hall–Kier alpha value is -2.30. The Morgan fingerprint density at radius 2 is 1.86 bits per heavy atom. The molecule has 2 rings (SSSR count). The first kappa shape index (κ1) is 15.1. The molecule has 1 aliphatic carbocycles. The fourth-order valence-corrected chi connectivity index (χ4v) is 2.55. The van der Waals surface area contributed by atoms with E-state index in [4.69, 9.17) is 10.5 Å². The molecular weight excluding hydrogens is 268 g/mol. The lowest BCUT2D eigenvalue weighted by Gasteiger charge is -2.24. The second-order valence-electron chi connectivity index (χ2n) is 5.05. The van der Waals surface area contributed by atoms with Crippen molar-refractivity contribution in [1.29, 1.82) is 0 Å². The Balaban J connectivity index is 2.29. The third-order valence-corrected chi connectivity index (χ3v) is 3.64. The number of ether oxygens (including phenoxy) is 1. The molecule has 0 heterocycles. The van der Waals surface area contributed by atoms with E-state index < -0.39 is 11.9 Å². The highest BCUT2D eigenvalue weighted by atomic mass is 16.5. The van der Waals surface area contributed by atoms with Gasteiger partial charge in [-0.2, -0.15) is 0 Å². The number of carbonyl (C=O) groups is 2. The first-order chi connectivity index (χ1) is 10.1. The molecule has 5 heteroatoms. The number of benzene rings is 1. The summed E-state index contributed by atoms with van der Waals surface area (Å²) in [4.78, 5) is 23.6. The van der Waals surface area contributed by atoms with Gasteiger partial charge in [-0.1, -0.05) is 30.3 Å². The van der Waals surface area contributed by atoms with Gasteiger partial charge in [-0.3, -0.25) is 4.79 Å². The Kier molecular flexibility index (Phi) is 4.98. The third-order valence-electron chi connectivity index (χ3n) is 3.64. The van der Waals surface area contributed by atoms with E-state index in [2.05, 4.69) is 5.32 Å². The van der Waals surface area contributed by atoms with Crippen LogP contribution in [0.1, 0.15) is 37.3 Å². The number of amides is 1. The maximum Gasteiger partial charge on any atom is 0.335 e. The summed E-state index contributed by atoms with van der Waals surface area (Å²) >= 11 is 0. The quantitative estimate of drug-likeness (QED) is 0.810. The molecule has 0 fully saturated rings. The number of hydrogen-bond donors (Lipinski definition) is 2. The lowest BCUT2D eigenvalue weighted by Crippen LogP contribution is -2.35. The number of rotatable bonds is 5. The molecule has 0 aliphatic heterocycles. The van der Waals surface area contributed by atoms with Crippen LogP contribution in [0.25, 0.3) is 0 Å². The van der Waals surface area contributed by atoms with Crippen molar-refractivity contribution in [3.05, 3.63) is 47.2 Å². The van der Waals surface area contributed by atoms with E-state index in [1.165, 1.54) is 7.11 Å². The molecule has 1 atom stereocenters. The predicted molar refractivity (Wildman–Crippen MR) is 79.0 cm³/mol. The van der Waals surface area contributed by atoms with E-state index in [9.17, 15) is 9.59 Å². The molecular formula is C16H20N2O3. The van der Waals surface area contributed by atoms with Gasteiger partial charge < -0.3 is 15.8 Å². The predicted octanol–water partition coefficient (Wildman–Crippen LogP) is 1.80. The van der Waals surface area contributed by atoms with E-state index in [1.807, 2.05) is 30.3 Å². The van der Waals surface area contributed by atoms with Crippen LogP contribution in [0, 0.1) is 0 Å². The zero-order valence-electron chi connectivity index (χ0n) is 12.1. The lowest BCUT2D eigenvalue weighted by atomic mass is 9.95. The van der Waals surface area contributed by atoms with Gasteiger partial charge in [0.2, 0.25) is 5.91 Å². The van der Waals surface area contributed by atoms with Crippen molar-refractivity contribution in [2.45, 2.75) is 31.7 Å². The highest BCUT2D eigenvalue weighted by Gasteiger charge is 2.24. The van der Waals surface area contributed by atoms with Crippen molar-refractivity contribution in [3.63, 3.8) is 0 Å². The van der Waals surface area contributed by atoms with Crippen molar-refractivity contribution in [2.75, 3.05) is 7.11 Å². The highest BCUT2D eigenvalue weighted by molar-refractivity contribution is 5.89. The average molecular weight is 288 g/mol. The monoisotopic (exact) mass is 288 g/mol. The largest absolute Gasteiger partial charge is 0.466 e. The summed E-state index contributed by atoms with van der Waals surface area (Å²) in [6.07, 6.45) is 3.31. The van der Waals surface area contributed by atoms with Gasteiger partial charge in [0.25, 0.3) is 0 Å². The topological polar surface area (TPSA) is 81.4 Å². The van der Waals surface area contributed by atoms with Crippen LogP contribution in [0.5, 0.6) is 0 Å². The summed E-state index contributed by atoms with van der Waals surface area (Å²) in [5.74, 6) is -0.808. The number of hydrogen-bond acceptors (Lipinski definition) is 4. The second-order valence-corrected chi connectivity index (χ2v) is 5.05. The number of nitrogens with one attached hydrogen (secondary N) is 1. The molecule has 112 valence electrons. The molecule has 0 bridgehead atoms. The molecule has 0 saturated heterocycles. The van der Waals surface area contributed by atoms with Gasteiger partial charge in [-0.15, -0.1) is 0 Å². The maximum atomic E-state index is 11.8. The smallest absolute Gasteiger partial charge is 0.335 e. The van der Waals surface area contributed by atoms with Crippen LogP contribution in [-0.4, -0.2) is 19.0 Å². The summed E-state index contributed by atoms with van der Waals surface area (Å²) in [6.45, 7) is 0. The minimum absolute atomic E-state index is 0.339. The Morgan fingerprint density at radius 3 is 2.48 bits per heavy atom. The van der Waals surface area contributed by atoms with E-state index in [1.54, 1.807) is 0 Å². The molecule has 5 nitrogen and oxygen atoms in total. The minimum Gasteiger partial charge on any atom is -0.466 e. The van der Waals surface area contributed by atoms with Crippen LogP contribution < -0.4 is 11.1 Å². The zero-order valence-corrected chi connectivity index (χ0v) is 12.1. The Morgan fingerprint density at radius 1 is 1.19 bits per heavy atom. The fourth-order valence-electron chi connectivity index (χ4n) is 2.55. The van der Waals surface area contributed by atoms with Gasteiger partial charge in [0.15, 0.2) is 0 Å². The third kappa shape index (κ3) is 3.62. The number of primary amides is 1. The van der Waals surface area contributed by atoms with Crippen LogP contribution in [0.4, 0.5) is 0 Å². The summed E-state index contributed by atoms with van der Waals surface area (Å²) < 4.78 is 4.81. The van der Waals surface area contributed by atoms with Gasteiger partial charge in [0.05, 0.1) is 12.7 Å². The summed E-state index contributed by atoms with van der Waals surface area (Å²) in [5.41, 5.74) is 7.67. The molecule has 1 aromatic carbocycles. The number of nitrogens with two attached hydrogens (primary N) is 1. The van der Waals surface area contributed by atoms with E-state index >= 15 is 0 Å². The van der Waals surface area contributed by atoms with Crippen molar-refractivity contribution in [2.24, 2.45) is 5.73 Å². The first-order valence-corrected chi connectivity index (χ1v) is 7.04. The molecule has 21 heavy (non-hydrogen) atoms. The van der Waals surface area contributed by atoms with Crippen LogP contribution in [0.2, 0.25) is 0 Å². The van der Waals surface area contributed by atoms with Gasteiger partial charge in [0, 0.05) is 5.70 Å². The van der Waals surface area contributed by atoms with Gasteiger partial charge in [0.1, 0.15) is 6.04 Å². The molecule has 0 saturated carbocycles. The van der Waals surface area contributed by atoms with Gasteiger partial charge >= 0.3 is 5.97 Å². The summed E-state index contributed by atoms with van der Waals surface area (Å²) in [6, 6.07) is 8.61. The molecule has 1 aromatic rings. The van der Waals surface area contributed by atoms with Crippen molar-refractivity contribution in [3.8, 4) is 0 Å². The van der Waals surface area contributed by atoms with Crippen LogP contribution in [0.3, 0.4) is 0 Å². The molecule has 0 unspecified atom stereocenters. The van der Waals surface area contributed by atoms with Crippen LogP contribution in [0.15, 0.2) is 41.6 Å². The molecule has 3 N–H and O–H groups in total. The van der Waals surface area contributed by atoms with Crippen LogP contribution in [-0.2, 0) is 14.3 Å². The lowest BCUT2D eigenvalue weighted by molar-refractivity contribution is -0.136. The standard InChI is InChI=1S/C16H20N2O3/c1-21-16(20)12-9-5-6-10-13(12)18-14(15(17)19)11-7-3-2-4-8-11/h2-4,7-8,14,18H,5-6,9-10H2,1H3,(H2,17,19)/t14-/m0/s1. The summed E-state index contributed by atoms with van der Waals surface area (Å²) in [7, 11) is 1.37. The van der Waals surface area contributed by atoms with Gasteiger partial charge in [-0.05, 0) is 31.2 Å². The number of carbonyl (C=O) groups excluding carboxylic acids is 2. The van der Waals surface area contributed by atoms with Crippen molar-refractivity contribution >= 4 is 11.9 Å². The van der Waals surface area contributed by atoms with Gasteiger partial charge in [-0.25, -0.2) is 4.79 Å². The summed E-state index contributed by atoms with van der Waals surface area (Å²) in [5, 5.41) is 3.14. The molecule has 1 aliphatic rings. The highest BCUT2D eigenvalue weighted by Crippen LogP contribution is 2.26. The van der Waals surface area contributed by atoms with E-state index in [0.29, 0.717) is 12.0 Å². The normalized spacial score (nSPS) is 16.2. The van der Waals surface area contributed by atoms with E-state index in [-0.39, 0.29) is 5.97 Å². The first-order valence-electron chi connectivity index (χ1n) is 7.04. The molecule has 1 amide bonds. The number of allylic oxidation sites excluding steroid dienone is 1. The SMILES string of the molecule is COC(=O)C1=C(N[C@H](C(N)=O)c2ccccc2)CCCC1. The second kappa shape index (κ2) is 6.92. The Labute approximate surface area is 124 Å². The van der Waals surface area contributed by atoms with Crippen molar-refractivity contribution < 1.29 is 14.3 Å². The maximum absolute atomic E-state index is 11.8. The number of esters is 1. The Bertz CT molecular complexity index is 552. The van der Waals surface area contributed by atoms with Crippen molar-refractivity contribution in [1.82, 2.24) is 5.32 Å².